The minimum atomic E-state index is -1.35. The van der Waals surface area contributed by atoms with Gasteiger partial charge in [-0.1, -0.05) is 55.3 Å². The zero-order valence-corrected chi connectivity index (χ0v) is 35.8. The van der Waals surface area contributed by atoms with E-state index in [1.807, 2.05) is 58.0 Å². The van der Waals surface area contributed by atoms with Gasteiger partial charge in [0, 0.05) is 48.3 Å². The number of halogens is 1. The number of benzene rings is 2. The van der Waals surface area contributed by atoms with Gasteiger partial charge in [-0.3, -0.25) is 4.90 Å². The first-order valence-corrected chi connectivity index (χ1v) is 22.2. The fraction of sp³-hybridized carbons (Fsp3) is 0.600. The highest BCUT2D eigenvalue weighted by atomic mass is 35.5. The summed E-state index contributed by atoms with van der Waals surface area (Å²) in [5, 5.41) is 24.6. The molecule has 6 unspecified atom stereocenters. The van der Waals surface area contributed by atoms with Crippen molar-refractivity contribution in [2.75, 3.05) is 51.2 Å². The van der Waals surface area contributed by atoms with Gasteiger partial charge >= 0.3 is 6.09 Å². The van der Waals surface area contributed by atoms with Gasteiger partial charge in [-0.25, -0.2) is 4.79 Å². The van der Waals surface area contributed by atoms with Crippen molar-refractivity contribution in [2.24, 2.45) is 22.9 Å². The molecular weight excluding hydrogens is 764 g/mol. The first-order chi connectivity index (χ1) is 27.6. The molecule has 1 saturated carbocycles. The first-order valence-electron chi connectivity index (χ1n) is 20.7. The maximum atomic E-state index is 14.1. The third kappa shape index (κ3) is 11.3. The minimum absolute atomic E-state index is 0.0674. The number of allylic oxidation sites excluding steroid dienone is 1. The zero-order chi connectivity index (χ0) is 40.8. The number of rotatable bonds is 22. The van der Waals surface area contributed by atoms with Gasteiger partial charge in [-0.05, 0) is 101 Å². The lowest BCUT2D eigenvalue weighted by atomic mass is 9.55. The molecule has 2 aromatic carbocycles. The first kappa shape index (κ1) is 44.9. The summed E-state index contributed by atoms with van der Waals surface area (Å²) >= 11 is 7.77. The van der Waals surface area contributed by atoms with Crippen LogP contribution in [0.1, 0.15) is 90.5 Å². The average Bonchev–Trinajstić information content (AvgIpc) is 3.20. The smallest absolute Gasteiger partial charge is 0.410 e. The van der Waals surface area contributed by atoms with E-state index >= 15 is 0 Å². The highest BCUT2D eigenvalue weighted by Crippen LogP contribution is 2.62. The summed E-state index contributed by atoms with van der Waals surface area (Å²) in [5.74, 6) is 0.698. The third-order valence-electron chi connectivity index (χ3n) is 10.8. The fourth-order valence-electron chi connectivity index (χ4n) is 8.59. The number of oxime groups is 1. The standard InChI is InChI=1S/C45H63ClN2O8S/c1-6-22-48(43(51)53-26-21-46)40-31-38(47-56-44(3,4)5)36-29-32(15-11-13-23-49)35(18-12-14-24-50)41-37-30-33(52-27-28-57-34-16-9-8-10-17-34)19-20-39(37)55-45(40,42(36)41)54-25-7-2/h7-10,16-17,19-20,29-30,32,35,40-42,49-50H,2,6,11-15,18,21-28,31H2,1,3-5H3. The van der Waals surface area contributed by atoms with E-state index in [9.17, 15) is 15.0 Å². The number of fused-ring (bicyclic) bond motifs is 2. The van der Waals surface area contributed by atoms with Crippen LogP contribution in [-0.4, -0.2) is 95.6 Å². The van der Waals surface area contributed by atoms with Gasteiger partial charge in [0.2, 0.25) is 5.79 Å². The molecule has 0 bridgehead atoms. The molecule has 0 saturated heterocycles. The quantitative estimate of drug-likeness (QED) is 0.0394. The molecule has 57 heavy (non-hydrogen) atoms. The molecule has 1 aliphatic heterocycles. The number of hydrogen-bond acceptors (Lipinski definition) is 10. The van der Waals surface area contributed by atoms with Crippen molar-refractivity contribution in [1.82, 2.24) is 4.90 Å². The third-order valence-corrected chi connectivity index (χ3v) is 11.9. The second-order valence-electron chi connectivity index (χ2n) is 16.0. The molecule has 0 aromatic heterocycles. The Balaban J connectivity index is 1.70. The summed E-state index contributed by atoms with van der Waals surface area (Å²) < 4.78 is 26.4. The fourth-order valence-corrected chi connectivity index (χ4v) is 9.42. The lowest BCUT2D eigenvalue weighted by Gasteiger charge is -2.60. The van der Waals surface area contributed by atoms with E-state index in [0.717, 1.165) is 54.0 Å². The van der Waals surface area contributed by atoms with Gasteiger partial charge in [-0.2, -0.15) is 0 Å². The van der Waals surface area contributed by atoms with Crippen LogP contribution in [0.3, 0.4) is 0 Å². The zero-order valence-electron chi connectivity index (χ0n) is 34.2. The Hall–Kier alpha value is -3.22. The molecule has 314 valence electrons. The monoisotopic (exact) mass is 826 g/mol. The Labute approximate surface area is 348 Å². The van der Waals surface area contributed by atoms with Crippen LogP contribution >= 0.6 is 23.4 Å². The number of carbonyl (C=O) groups is 1. The lowest BCUT2D eigenvalue weighted by molar-refractivity contribution is -0.255. The molecular formula is C45H63ClN2O8S. The van der Waals surface area contributed by atoms with Gasteiger partial charge in [0.25, 0.3) is 0 Å². The Bertz CT molecular complexity index is 1650. The second kappa shape index (κ2) is 21.7. The van der Waals surface area contributed by atoms with Gasteiger partial charge in [0.05, 0.1) is 30.7 Å². The number of hydrogen-bond donors (Lipinski definition) is 2. The molecule has 1 fully saturated rings. The number of alkyl halides is 1. The summed E-state index contributed by atoms with van der Waals surface area (Å²) in [6.07, 6.45) is 9.32. The summed E-state index contributed by atoms with van der Waals surface area (Å²) in [6.45, 7) is 13.3. The SMILES string of the molecule is C=CCOC12Oc3ccc(OCCSc4ccccc4)cc3C3C(CCCCO)C(CCCCO)C=C(C(=NOC(C)(C)C)CC1N(CCC)C(=O)OCCCl)C32. The Morgan fingerprint density at radius 3 is 2.53 bits per heavy atom. The largest absolute Gasteiger partial charge is 0.493 e. The predicted molar refractivity (Wildman–Crippen MR) is 228 cm³/mol. The van der Waals surface area contributed by atoms with Crippen molar-refractivity contribution >= 4 is 35.2 Å². The number of carbonyl (C=O) groups excluding carboxylic acids is 1. The molecule has 12 heteroatoms. The van der Waals surface area contributed by atoms with E-state index < -0.39 is 29.4 Å². The summed E-state index contributed by atoms with van der Waals surface area (Å²) in [6, 6.07) is 15.7. The van der Waals surface area contributed by atoms with Crippen molar-refractivity contribution in [3.8, 4) is 11.5 Å². The van der Waals surface area contributed by atoms with Gasteiger partial charge in [0.1, 0.15) is 29.7 Å². The predicted octanol–water partition coefficient (Wildman–Crippen LogP) is 9.38. The van der Waals surface area contributed by atoms with Crippen LogP contribution < -0.4 is 9.47 Å². The molecule has 2 aliphatic carbocycles. The van der Waals surface area contributed by atoms with E-state index in [1.54, 1.807) is 22.7 Å². The number of thioether (sulfide) groups is 1. The van der Waals surface area contributed by atoms with Crippen molar-refractivity contribution < 1.29 is 38.8 Å². The molecule has 2 N–H and O–H groups in total. The molecule has 1 heterocycles. The Kier molecular flexibility index (Phi) is 17.1. The highest BCUT2D eigenvalue weighted by molar-refractivity contribution is 7.99. The minimum Gasteiger partial charge on any atom is -0.493 e. The molecule has 0 radical (unpaired) electrons. The number of ether oxygens (including phenoxy) is 4. The summed E-state index contributed by atoms with van der Waals surface area (Å²) in [4.78, 5) is 23.2. The number of aliphatic hydroxyl groups excluding tert-OH is 2. The van der Waals surface area contributed by atoms with Crippen LogP contribution in [0.15, 0.2) is 82.9 Å². The van der Waals surface area contributed by atoms with Crippen molar-refractivity contribution in [3.05, 3.63) is 78.4 Å². The molecule has 2 aromatic rings. The number of aliphatic hydroxyl groups is 2. The topological polar surface area (TPSA) is 119 Å². The van der Waals surface area contributed by atoms with E-state index in [-0.39, 0.29) is 50.1 Å². The number of nitrogens with zero attached hydrogens (tertiary/aromatic N) is 2. The van der Waals surface area contributed by atoms with Crippen molar-refractivity contribution in [2.45, 2.75) is 107 Å². The molecule has 6 atom stereocenters. The van der Waals surface area contributed by atoms with Gasteiger partial charge < -0.3 is 34.0 Å². The van der Waals surface area contributed by atoms with E-state index in [4.69, 9.17) is 40.5 Å². The average molecular weight is 828 g/mol. The maximum absolute atomic E-state index is 14.1. The van der Waals surface area contributed by atoms with Crippen LogP contribution in [0.2, 0.25) is 0 Å². The molecule has 1 amide bonds. The van der Waals surface area contributed by atoms with Gasteiger partial charge in [-0.15, -0.1) is 29.9 Å². The summed E-state index contributed by atoms with van der Waals surface area (Å²) in [7, 11) is 0. The molecule has 0 spiro atoms. The van der Waals surface area contributed by atoms with Crippen LogP contribution in [0, 0.1) is 17.8 Å². The van der Waals surface area contributed by atoms with Crippen LogP contribution in [0.25, 0.3) is 0 Å². The Morgan fingerprint density at radius 2 is 1.84 bits per heavy atom. The Morgan fingerprint density at radius 1 is 1.09 bits per heavy atom. The number of amides is 1. The van der Waals surface area contributed by atoms with Crippen molar-refractivity contribution in [1.29, 1.82) is 0 Å². The molecule has 3 aliphatic rings. The van der Waals surface area contributed by atoms with Crippen LogP contribution in [-0.2, 0) is 14.3 Å². The lowest BCUT2D eigenvalue weighted by Crippen LogP contribution is -2.70. The van der Waals surface area contributed by atoms with Gasteiger partial charge in [0.15, 0.2) is 0 Å². The normalized spacial score (nSPS) is 24.4. The maximum Gasteiger partial charge on any atom is 0.410 e. The number of unbranched alkanes of at least 4 members (excludes halogenated alkanes) is 2. The second-order valence-corrected chi connectivity index (χ2v) is 17.5. The van der Waals surface area contributed by atoms with E-state index in [1.165, 1.54) is 4.90 Å². The molecule has 5 rings (SSSR count). The van der Waals surface area contributed by atoms with E-state index in [2.05, 4.69) is 30.9 Å². The van der Waals surface area contributed by atoms with Crippen LogP contribution in [0.4, 0.5) is 4.79 Å². The highest BCUT2D eigenvalue weighted by Gasteiger charge is 2.65. The molecule has 10 nitrogen and oxygen atoms in total. The van der Waals surface area contributed by atoms with Crippen LogP contribution in [0.5, 0.6) is 11.5 Å². The van der Waals surface area contributed by atoms with Crippen molar-refractivity contribution in [3.63, 3.8) is 0 Å². The van der Waals surface area contributed by atoms with E-state index in [0.29, 0.717) is 44.6 Å². The summed E-state index contributed by atoms with van der Waals surface area (Å²) in [5.41, 5.74) is 2.17.